The Labute approximate surface area is 172 Å². The lowest BCUT2D eigenvalue weighted by Crippen LogP contribution is -2.26. The number of unbranched alkanes of at least 4 members (excludes halogenated alkanes) is 4. The number of ether oxygens (including phenoxy) is 1. The fourth-order valence-corrected chi connectivity index (χ4v) is 3.24. The fourth-order valence-electron chi connectivity index (χ4n) is 3.24. The second kappa shape index (κ2) is 10.4. The molecular weight excluding hydrogens is 360 g/mol. The maximum Gasteiger partial charge on any atom is 0.258 e. The SMILES string of the molecule is C=CCCCCCCOc1cccc(N(C)C(=O)c2ccc3ncccc3c2)c1. The lowest BCUT2D eigenvalue weighted by Gasteiger charge is -2.18. The van der Waals surface area contributed by atoms with E-state index in [-0.39, 0.29) is 5.91 Å². The number of rotatable bonds is 10. The summed E-state index contributed by atoms with van der Waals surface area (Å²) in [5.74, 6) is 0.728. The minimum absolute atomic E-state index is 0.0601. The van der Waals surface area contributed by atoms with Crippen LogP contribution < -0.4 is 9.64 Å². The highest BCUT2D eigenvalue weighted by Crippen LogP contribution is 2.23. The van der Waals surface area contributed by atoms with Crippen LogP contribution >= 0.6 is 0 Å². The smallest absolute Gasteiger partial charge is 0.258 e. The van der Waals surface area contributed by atoms with Crippen LogP contribution in [0, 0.1) is 0 Å². The number of amides is 1. The first-order valence-corrected chi connectivity index (χ1v) is 10.2. The number of hydrogen-bond acceptors (Lipinski definition) is 3. The van der Waals surface area contributed by atoms with Crippen LogP contribution in [0.15, 0.2) is 73.4 Å². The van der Waals surface area contributed by atoms with E-state index in [1.807, 2.05) is 60.7 Å². The molecule has 1 aromatic heterocycles. The molecular formula is C25H28N2O2. The minimum Gasteiger partial charge on any atom is -0.494 e. The van der Waals surface area contributed by atoms with Crippen molar-refractivity contribution >= 4 is 22.5 Å². The average Bonchev–Trinajstić information content (AvgIpc) is 2.77. The molecule has 0 atom stereocenters. The van der Waals surface area contributed by atoms with Gasteiger partial charge in [-0.25, -0.2) is 0 Å². The van der Waals surface area contributed by atoms with Crippen LogP contribution in [0.3, 0.4) is 0 Å². The minimum atomic E-state index is -0.0601. The molecule has 29 heavy (non-hydrogen) atoms. The standard InChI is InChI=1S/C25H28N2O2/c1-3-4-5-6-7-8-17-29-23-13-9-12-22(19-23)27(2)25(28)21-14-15-24-20(18-21)11-10-16-26-24/h3,9-16,18-19H,1,4-8,17H2,2H3. The van der Waals surface area contributed by atoms with Gasteiger partial charge >= 0.3 is 0 Å². The van der Waals surface area contributed by atoms with Gasteiger partial charge in [0.15, 0.2) is 0 Å². The molecule has 0 fully saturated rings. The zero-order valence-electron chi connectivity index (χ0n) is 17.0. The van der Waals surface area contributed by atoms with Crippen molar-refractivity contribution in [2.75, 3.05) is 18.6 Å². The molecule has 0 N–H and O–H groups in total. The van der Waals surface area contributed by atoms with E-state index >= 15 is 0 Å². The van der Waals surface area contributed by atoms with Gasteiger partial charge < -0.3 is 9.64 Å². The number of carbonyl (C=O) groups is 1. The molecule has 0 unspecified atom stereocenters. The fraction of sp³-hybridized carbons (Fsp3) is 0.280. The molecule has 0 bridgehead atoms. The summed E-state index contributed by atoms with van der Waals surface area (Å²) in [7, 11) is 1.79. The number of aromatic nitrogens is 1. The molecule has 150 valence electrons. The first kappa shape index (κ1) is 20.6. The van der Waals surface area contributed by atoms with E-state index < -0.39 is 0 Å². The number of nitrogens with zero attached hydrogens (tertiary/aromatic N) is 2. The van der Waals surface area contributed by atoms with Crippen LogP contribution in [0.5, 0.6) is 5.75 Å². The molecule has 1 heterocycles. The molecule has 4 heteroatoms. The van der Waals surface area contributed by atoms with Crippen LogP contribution in [-0.4, -0.2) is 24.5 Å². The van der Waals surface area contributed by atoms with E-state index in [4.69, 9.17) is 4.74 Å². The van der Waals surface area contributed by atoms with Crippen LogP contribution in [0.4, 0.5) is 5.69 Å². The summed E-state index contributed by atoms with van der Waals surface area (Å²) in [5, 5.41) is 0.955. The molecule has 0 saturated heterocycles. The Morgan fingerprint density at radius 2 is 1.93 bits per heavy atom. The lowest BCUT2D eigenvalue weighted by atomic mass is 10.1. The van der Waals surface area contributed by atoms with Gasteiger partial charge in [-0.1, -0.05) is 31.1 Å². The molecule has 0 radical (unpaired) electrons. The van der Waals surface area contributed by atoms with Crippen LogP contribution in [-0.2, 0) is 0 Å². The molecule has 0 saturated carbocycles. The second-order valence-corrected chi connectivity index (χ2v) is 7.11. The Bertz CT molecular complexity index is 968. The zero-order valence-corrected chi connectivity index (χ0v) is 17.0. The predicted molar refractivity (Wildman–Crippen MR) is 120 cm³/mol. The Balaban J connectivity index is 1.59. The molecule has 3 aromatic rings. The maximum absolute atomic E-state index is 12.9. The number of pyridine rings is 1. The van der Waals surface area contributed by atoms with Crippen LogP contribution in [0.25, 0.3) is 10.9 Å². The topological polar surface area (TPSA) is 42.4 Å². The normalized spacial score (nSPS) is 10.7. The molecule has 2 aromatic carbocycles. The Hall–Kier alpha value is -3.14. The van der Waals surface area contributed by atoms with Gasteiger partial charge in [-0.15, -0.1) is 6.58 Å². The van der Waals surface area contributed by atoms with Gasteiger partial charge in [-0.3, -0.25) is 9.78 Å². The van der Waals surface area contributed by atoms with Gasteiger partial charge in [0.2, 0.25) is 0 Å². The van der Waals surface area contributed by atoms with Crippen molar-refractivity contribution < 1.29 is 9.53 Å². The molecule has 3 rings (SSSR count). The molecule has 0 spiro atoms. The highest BCUT2D eigenvalue weighted by atomic mass is 16.5. The predicted octanol–water partition coefficient (Wildman–Crippen LogP) is 6.03. The van der Waals surface area contributed by atoms with Gasteiger partial charge in [-0.2, -0.15) is 0 Å². The summed E-state index contributed by atoms with van der Waals surface area (Å²) in [5.41, 5.74) is 2.33. The van der Waals surface area contributed by atoms with Crippen LogP contribution in [0.1, 0.15) is 42.5 Å². The summed E-state index contributed by atoms with van der Waals surface area (Å²) < 4.78 is 5.88. The van der Waals surface area contributed by atoms with Crippen molar-refractivity contribution in [1.29, 1.82) is 0 Å². The first-order valence-electron chi connectivity index (χ1n) is 10.2. The van der Waals surface area contributed by atoms with Crippen molar-refractivity contribution in [3.05, 3.63) is 79.0 Å². The molecule has 1 amide bonds. The van der Waals surface area contributed by atoms with Gasteiger partial charge in [0.25, 0.3) is 5.91 Å². The number of hydrogen-bond donors (Lipinski definition) is 0. The Kier molecular flexibility index (Phi) is 7.40. The van der Waals surface area contributed by atoms with Crippen molar-refractivity contribution in [1.82, 2.24) is 4.98 Å². The largest absolute Gasteiger partial charge is 0.494 e. The zero-order chi connectivity index (χ0) is 20.5. The van der Waals surface area contributed by atoms with Crippen molar-refractivity contribution in [3.8, 4) is 5.75 Å². The highest BCUT2D eigenvalue weighted by molar-refractivity contribution is 6.07. The van der Waals surface area contributed by atoms with Crippen molar-refractivity contribution in [3.63, 3.8) is 0 Å². The summed E-state index contributed by atoms with van der Waals surface area (Å²) >= 11 is 0. The third kappa shape index (κ3) is 5.67. The van der Waals surface area contributed by atoms with E-state index in [9.17, 15) is 4.79 Å². The van der Waals surface area contributed by atoms with E-state index in [0.29, 0.717) is 12.2 Å². The Morgan fingerprint density at radius 3 is 2.79 bits per heavy atom. The molecule has 4 nitrogen and oxygen atoms in total. The van der Waals surface area contributed by atoms with Crippen molar-refractivity contribution in [2.24, 2.45) is 0 Å². The number of anilines is 1. The first-order chi connectivity index (χ1) is 14.2. The summed E-state index contributed by atoms with van der Waals surface area (Å²) in [4.78, 5) is 18.9. The number of fused-ring (bicyclic) bond motifs is 1. The molecule has 0 aliphatic heterocycles. The lowest BCUT2D eigenvalue weighted by molar-refractivity contribution is 0.0993. The van der Waals surface area contributed by atoms with Gasteiger partial charge in [0.05, 0.1) is 12.1 Å². The monoisotopic (exact) mass is 388 g/mol. The number of benzene rings is 2. The number of carbonyl (C=O) groups excluding carboxylic acids is 1. The summed E-state index contributed by atoms with van der Waals surface area (Å²) in [6, 6.07) is 17.1. The van der Waals surface area contributed by atoms with Gasteiger partial charge in [0.1, 0.15) is 5.75 Å². The molecule has 0 aliphatic carbocycles. The van der Waals surface area contributed by atoms with E-state index in [1.54, 1.807) is 18.1 Å². The Morgan fingerprint density at radius 1 is 1.07 bits per heavy atom. The quantitative estimate of drug-likeness (QED) is 0.315. The van der Waals surface area contributed by atoms with Crippen LogP contribution in [0.2, 0.25) is 0 Å². The van der Waals surface area contributed by atoms with E-state index in [2.05, 4.69) is 11.6 Å². The average molecular weight is 389 g/mol. The van der Waals surface area contributed by atoms with Crippen molar-refractivity contribution in [2.45, 2.75) is 32.1 Å². The summed E-state index contributed by atoms with van der Waals surface area (Å²) in [6.45, 7) is 4.43. The maximum atomic E-state index is 12.9. The van der Waals surface area contributed by atoms with E-state index in [0.717, 1.165) is 41.6 Å². The molecule has 0 aliphatic rings. The summed E-state index contributed by atoms with van der Waals surface area (Å²) in [6.07, 6.45) is 9.38. The van der Waals surface area contributed by atoms with Gasteiger partial charge in [0, 0.05) is 35.9 Å². The highest BCUT2D eigenvalue weighted by Gasteiger charge is 2.14. The second-order valence-electron chi connectivity index (χ2n) is 7.11. The van der Waals surface area contributed by atoms with E-state index in [1.165, 1.54) is 12.8 Å². The van der Waals surface area contributed by atoms with Gasteiger partial charge in [-0.05, 0) is 55.7 Å². The number of allylic oxidation sites excluding steroid dienone is 1. The third-order valence-electron chi connectivity index (χ3n) is 4.93. The third-order valence-corrected chi connectivity index (χ3v) is 4.93.